The van der Waals surface area contributed by atoms with Crippen LogP contribution in [0, 0.1) is 16.0 Å². The Morgan fingerprint density at radius 1 is 1.27 bits per heavy atom. The van der Waals surface area contributed by atoms with Gasteiger partial charge in [0.15, 0.2) is 0 Å². The summed E-state index contributed by atoms with van der Waals surface area (Å²) in [4.78, 5) is 22.0. The van der Waals surface area contributed by atoms with Crippen LogP contribution in [0.25, 0.3) is 0 Å². The Morgan fingerprint density at radius 2 is 2.03 bits per heavy atom. The average molecular weight is 433 g/mol. The minimum absolute atomic E-state index is 0.0917. The summed E-state index contributed by atoms with van der Waals surface area (Å²) in [7, 11) is -3.83. The lowest BCUT2D eigenvalue weighted by molar-refractivity contribution is -0.385. The largest absolute Gasteiger partial charge is 0.450 e. The molecule has 2 aromatic rings. The van der Waals surface area contributed by atoms with E-state index in [0.29, 0.717) is 18.8 Å². The van der Waals surface area contributed by atoms with E-state index < -0.39 is 20.6 Å². The highest BCUT2D eigenvalue weighted by Crippen LogP contribution is 2.35. The van der Waals surface area contributed by atoms with Gasteiger partial charge in [-0.05, 0) is 43.0 Å². The summed E-state index contributed by atoms with van der Waals surface area (Å²) in [5.74, 6) is 0.150. The zero-order valence-electron chi connectivity index (χ0n) is 16.7. The highest BCUT2D eigenvalue weighted by molar-refractivity contribution is 7.89. The first-order valence-electron chi connectivity index (χ1n) is 9.51. The van der Waals surface area contributed by atoms with Crippen LogP contribution in [0.1, 0.15) is 26.7 Å². The summed E-state index contributed by atoms with van der Waals surface area (Å²) >= 11 is 0. The predicted octanol–water partition coefficient (Wildman–Crippen LogP) is 3.77. The number of hydrogen-bond acceptors (Lipinski definition) is 6. The lowest BCUT2D eigenvalue weighted by Crippen LogP contribution is -2.39. The van der Waals surface area contributed by atoms with Gasteiger partial charge in [0, 0.05) is 37.8 Å². The molecule has 1 aliphatic heterocycles. The van der Waals surface area contributed by atoms with Crippen molar-refractivity contribution in [2.75, 3.05) is 18.4 Å². The molecule has 1 unspecified atom stereocenters. The molecule has 0 bridgehead atoms. The fourth-order valence-electron chi connectivity index (χ4n) is 3.37. The second-order valence-electron chi connectivity index (χ2n) is 7.31. The number of sulfonamides is 1. The van der Waals surface area contributed by atoms with E-state index in [2.05, 4.69) is 5.32 Å². The van der Waals surface area contributed by atoms with Crippen LogP contribution in [0.5, 0.6) is 11.5 Å². The third-order valence-electron chi connectivity index (χ3n) is 4.77. The Bertz CT molecular complexity index is 1070. The van der Waals surface area contributed by atoms with Gasteiger partial charge in [-0.25, -0.2) is 8.42 Å². The number of rotatable bonds is 6. The SMILES string of the molecule is CC(=O)Nc1cccc(Oc2ccc(S(=O)(=O)N3CCCC(C)C3)cc2[N+](=O)[O-])c1. The third-order valence-corrected chi connectivity index (χ3v) is 6.63. The van der Waals surface area contributed by atoms with E-state index in [4.69, 9.17) is 4.74 Å². The molecule has 0 aliphatic carbocycles. The number of nitro groups is 1. The maximum atomic E-state index is 12.9. The van der Waals surface area contributed by atoms with Gasteiger partial charge in [-0.15, -0.1) is 0 Å². The molecule has 9 nitrogen and oxygen atoms in total. The summed E-state index contributed by atoms with van der Waals surface area (Å²) in [6, 6.07) is 10.0. The Labute approximate surface area is 174 Å². The molecule has 1 fully saturated rings. The van der Waals surface area contributed by atoms with Crippen LogP contribution in [0.3, 0.4) is 0 Å². The van der Waals surface area contributed by atoms with Gasteiger partial charge in [0.1, 0.15) is 5.75 Å². The van der Waals surface area contributed by atoms with Crippen molar-refractivity contribution in [3.05, 3.63) is 52.6 Å². The van der Waals surface area contributed by atoms with Crippen LogP contribution in [0.15, 0.2) is 47.4 Å². The number of hydrogen-bond donors (Lipinski definition) is 1. The van der Waals surface area contributed by atoms with E-state index in [1.165, 1.54) is 29.4 Å². The van der Waals surface area contributed by atoms with Crippen molar-refractivity contribution in [2.45, 2.75) is 31.6 Å². The molecule has 0 radical (unpaired) electrons. The number of anilines is 1. The quantitative estimate of drug-likeness (QED) is 0.547. The fraction of sp³-hybridized carbons (Fsp3) is 0.350. The standard InChI is InChI=1S/C20H23N3O6S/c1-14-5-4-10-22(13-14)30(27,28)18-8-9-20(19(12-18)23(25)26)29-17-7-3-6-16(11-17)21-15(2)24/h3,6-9,11-12,14H,4-5,10,13H2,1-2H3,(H,21,24). The van der Waals surface area contributed by atoms with Crippen LogP contribution >= 0.6 is 0 Å². The molecule has 1 saturated heterocycles. The van der Waals surface area contributed by atoms with Crippen molar-refractivity contribution in [2.24, 2.45) is 5.92 Å². The second-order valence-corrected chi connectivity index (χ2v) is 9.25. The van der Waals surface area contributed by atoms with Gasteiger partial charge in [0.05, 0.1) is 9.82 Å². The first-order chi connectivity index (χ1) is 14.2. The molecule has 1 heterocycles. The zero-order valence-corrected chi connectivity index (χ0v) is 17.5. The summed E-state index contributed by atoms with van der Waals surface area (Å²) in [5.41, 5.74) is 0.0205. The summed E-state index contributed by atoms with van der Waals surface area (Å²) < 4.78 is 32.9. The Morgan fingerprint density at radius 3 is 2.70 bits per heavy atom. The van der Waals surface area contributed by atoms with E-state index in [0.717, 1.165) is 18.9 Å². The number of nitro benzene ring substituents is 1. The molecule has 3 rings (SSSR count). The minimum Gasteiger partial charge on any atom is -0.450 e. The smallest absolute Gasteiger partial charge is 0.312 e. The predicted molar refractivity (Wildman–Crippen MR) is 111 cm³/mol. The van der Waals surface area contributed by atoms with E-state index in [-0.39, 0.29) is 28.2 Å². The molecule has 1 N–H and O–H groups in total. The van der Waals surface area contributed by atoms with Crippen LogP contribution in [-0.2, 0) is 14.8 Å². The van der Waals surface area contributed by atoms with Crippen LogP contribution in [0.4, 0.5) is 11.4 Å². The van der Waals surface area contributed by atoms with Crippen molar-refractivity contribution < 1.29 is 22.9 Å². The van der Waals surface area contributed by atoms with E-state index in [1.54, 1.807) is 18.2 Å². The number of carbonyl (C=O) groups excluding carboxylic acids is 1. The maximum absolute atomic E-state index is 12.9. The Balaban J connectivity index is 1.91. The number of ether oxygens (including phenoxy) is 1. The zero-order chi connectivity index (χ0) is 21.9. The van der Waals surface area contributed by atoms with Crippen molar-refractivity contribution in [1.82, 2.24) is 4.31 Å². The fourth-order valence-corrected chi connectivity index (χ4v) is 4.99. The number of nitrogens with zero attached hydrogens (tertiary/aromatic N) is 2. The van der Waals surface area contributed by atoms with Gasteiger partial charge in [-0.2, -0.15) is 4.31 Å². The van der Waals surface area contributed by atoms with E-state index in [9.17, 15) is 23.3 Å². The molecule has 1 atom stereocenters. The van der Waals surface area contributed by atoms with Crippen molar-refractivity contribution in [3.63, 3.8) is 0 Å². The minimum atomic E-state index is -3.83. The van der Waals surface area contributed by atoms with Gasteiger partial charge < -0.3 is 10.1 Å². The molecular formula is C20H23N3O6S. The highest BCUT2D eigenvalue weighted by Gasteiger charge is 2.31. The Hall–Kier alpha value is -2.98. The molecular weight excluding hydrogens is 410 g/mol. The molecule has 1 aliphatic rings. The molecule has 0 aromatic heterocycles. The number of piperidine rings is 1. The van der Waals surface area contributed by atoms with Gasteiger partial charge in [-0.3, -0.25) is 14.9 Å². The first kappa shape index (κ1) is 21.7. The monoisotopic (exact) mass is 433 g/mol. The molecule has 10 heteroatoms. The van der Waals surface area contributed by atoms with E-state index >= 15 is 0 Å². The van der Waals surface area contributed by atoms with Gasteiger partial charge >= 0.3 is 5.69 Å². The number of carbonyl (C=O) groups is 1. The average Bonchev–Trinajstić information content (AvgIpc) is 2.67. The van der Waals surface area contributed by atoms with Crippen LogP contribution in [-0.4, -0.2) is 36.6 Å². The first-order valence-corrected chi connectivity index (χ1v) is 10.9. The van der Waals surface area contributed by atoms with Gasteiger partial charge in [0.25, 0.3) is 0 Å². The van der Waals surface area contributed by atoms with Gasteiger partial charge in [0.2, 0.25) is 21.7 Å². The number of nitrogens with one attached hydrogen (secondary N) is 1. The van der Waals surface area contributed by atoms with Crippen LogP contribution in [0.2, 0.25) is 0 Å². The summed E-state index contributed by atoms with van der Waals surface area (Å²) in [5, 5.41) is 14.2. The van der Waals surface area contributed by atoms with Crippen LogP contribution < -0.4 is 10.1 Å². The lowest BCUT2D eigenvalue weighted by Gasteiger charge is -2.30. The molecule has 160 valence electrons. The van der Waals surface area contributed by atoms with Gasteiger partial charge in [-0.1, -0.05) is 13.0 Å². The second kappa shape index (κ2) is 8.80. The Kier molecular flexibility index (Phi) is 6.37. The molecule has 2 aromatic carbocycles. The van der Waals surface area contributed by atoms with E-state index in [1.807, 2.05) is 6.92 Å². The summed E-state index contributed by atoms with van der Waals surface area (Å²) in [6.45, 7) is 4.13. The number of amides is 1. The molecule has 30 heavy (non-hydrogen) atoms. The van der Waals surface area contributed by atoms with Crippen molar-refractivity contribution >= 4 is 27.3 Å². The normalized spacial score (nSPS) is 17.3. The number of benzene rings is 2. The topological polar surface area (TPSA) is 119 Å². The van der Waals surface area contributed by atoms with Crippen molar-refractivity contribution in [1.29, 1.82) is 0 Å². The maximum Gasteiger partial charge on any atom is 0.312 e. The third kappa shape index (κ3) is 4.95. The molecule has 0 spiro atoms. The molecule has 1 amide bonds. The summed E-state index contributed by atoms with van der Waals surface area (Å²) in [6.07, 6.45) is 1.71. The molecule has 0 saturated carbocycles. The highest BCUT2D eigenvalue weighted by atomic mass is 32.2. The lowest BCUT2D eigenvalue weighted by atomic mass is 10.0. The van der Waals surface area contributed by atoms with Crippen molar-refractivity contribution in [3.8, 4) is 11.5 Å².